The Morgan fingerprint density at radius 2 is 2.12 bits per heavy atom. The number of benzene rings is 1. The minimum atomic E-state index is 0.0662. The van der Waals surface area contributed by atoms with Crippen molar-refractivity contribution in [1.29, 1.82) is 0 Å². The number of anilines is 1. The first-order valence-electron chi connectivity index (χ1n) is 9.42. The van der Waals surface area contributed by atoms with Crippen LogP contribution < -0.4 is 5.73 Å². The van der Waals surface area contributed by atoms with E-state index in [-0.39, 0.29) is 12.0 Å². The lowest BCUT2D eigenvalue weighted by molar-refractivity contribution is -0.0246. The Bertz CT molecular complexity index is 806. The lowest BCUT2D eigenvalue weighted by Crippen LogP contribution is -2.45. The van der Waals surface area contributed by atoms with Crippen molar-refractivity contribution in [3.63, 3.8) is 0 Å². The molecule has 0 spiro atoms. The molecule has 136 valence electrons. The second kappa shape index (κ2) is 7.46. The van der Waals surface area contributed by atoms with Crippen LogP contribution in [0.5, 0.6) is 0 Å². The molecule has 1 aromatic heterocycles. The third-order valence-electron chi connectivity index (χ3n) is 5.37. The van der Waals surface area contributed by atoms with Crippen molar-refractivity contribution in [2.45, 2.75) is 38.2 Å². The summed E-state index contributed by atoms with van der Waals surface area (Å²) in [5.74, 6) is 0.668. The number of ether oxygens (including phenoxy) is 1. The molecule has 5 nitrogen and oxygen atoms in total. The van der Waals surface area contributed by atoms with Crippen molar-refractivity contribution in [3.05, 3.63) is 58.8 Å². The van der Waals surface area contributed by atoms with Crippen molar-refractivity contribution in [3.8, 4) is 0 Å². The van der Waals surface area contributed by atoms with Gasteiger partial charge < -0.3 is 15.4 Å². The molecule has 0 radical (unpaired) electrons. The summed E-state index contributed by atoms with van der Waals surface area (Å²) in [5.41, 5.74) is 10.5. The zero-order valence-electron chi connectivity index (χ0n) is 15.0. The summed E-state index contributed by atoms with van der Waals surface area (Å²) < 4.78 is 5.88. The number of nitrogens with two attached hydrogens (primary N) is 1. The number of amides is 1. The van der Waals surface area contributed by atoms with E-state index in [4.69, 9.17) is 10.5 Å². The Kier molecular flexibility index (Phi) is 4.89. The fourth-order valence-electron chi connectivity index (χ4n) is 3.94. The zero-order valence-corrected chi connectivity index (χ0v) is 15.0. The average Bonchev–Trinajstić information content (AvgIpc) is 3.14. The molecule has 1 atom stereocenters. The van der Waals surface area contributed by atoms with Crippen LogP contribution in [0.25, 0.3) is 0 Å². The zero-order chi connectivity index (χ0) is 17.9. The average molecular weight is 351 g/mol. The van der Waals surface area contributed by atoms with Gasteiger partial charge in [-0.25, -0.2) is 4.98 Å². The number of hydrogen-bond acceptors (Lipinski definition) is 4. The van der Waals surface area contributed by atoms with Crippen LogP contribution in [0.15, 0.2) is 36.5 Å². The van der Waals surface area contributed by atoms with Crippen molar-refractivity contribution in [1.82, 2.24) is 9.88 Å². The molecule has 1 aliphatic heterocycles. The molecule has 0 bridgehead atoms. The summed E-state index contributed by atoms with van der Waals surface area (Å²) >= 11 is 0. The van der Waals surface area contributed by atoms with Crippen LogP contribution in [0.2, 0.25) is 0 Å². The Morgan fingerprint density at radius 1 is 1.23 bits per heavy atom. The largest absolute Gasteiger partial charge is 0.384 e. The molecular weight excluding hydrogens is 326 g/mol. The van der Waals surface area contributed by atoms with Crippen LogP contribution in [-0.4, -0.2) is 41.6 Å². The molecule has 1 aromatic carbocycles. The molecule has 5 heteroatoms. The van der Waals surface area contributed by atoms with Gasteiger partial charge in [-0.1, -0.05) is 6.07 Å². The van der Waals surface area contributed by atoms with E-state index in [2.05, 4.69) is 17.1 Å². The minimum absolute atomic E-state index is 0.0662. The smallest absolute Gasteiger partial charge is 0.254 e. The van der Waals surface area contributed by atoms with Gasteiger partial charge in [-0.2, -0.15) is 0 Å². The monoisotopic (exact) mass is 351 g/mol. The van der Waals surface area contributed by atoms with E-state index >= 15 is 0 Å². The molecule has 1 fully saturated rings. The van der Waals surface area contributed by atoms with E-state index in [1.54, 1.807) is 6.20 Å². The third-order valence-corrected chi connectivity index (χ3v) is 5.37. The fourth-order valence-corrected chi connectivity index (χ4v) is 3.94. The molecule has 4 rings (SSSR count). The summed E-state index contributed by atoms with van der Waals surface area (Å²) in [6, 6.07) is 10.1. The number of carbonyl (C=O) groups excluding carboxylic acids is 1. The van der Waals surface area contributed by atoms with Crippen LogP contribution in [0.4, 0.5) is 5.82 Å². The van der Waals surface area contributed by atoms with Crippen LogP contribution in [0.1, 0.15) is 39.9 Å². The van der Waals surface area contributed by atoms with E-state index in [1.807, 2.05) is 23.1 Å². The highest BCUT2D eigenvalue weighted by atomic mass is 16.5. The Labute approximate surface area is 154 Å². The second-order valence-corrected chi connectivity index (χ2v) is 7.21. The van der Waals surface area contributed by atoms with Crippen LogP contribution in [-0.2, 0) is 24.0 Å². The van der Waals surface area contributed by atoms with Gasteiger partial charge in [0.05, 0.1) is 12.7 Å². The SMILES string of the molecule is Nc1cc(CC[C@@H]2CN(C(=O)c3ccc4c(c3)CCC4)CCO2)ccn1. The Balaban J connectivity index is 1.37. The molecule has 2 N–H and O–H groups in total. The van der Waals surface area contributed by atoms with Gasteiger partial charge in [0.1, 0.15) is 5.82 Å². The number of rotatable bonds is 4. The van der Waals surface area contributed by atoms with Crippen LogP contribution >= 0.6 is 0 Å². The second-order valence-electron chi connectivity index (χ2n) is 7.21. The van der Waals surface area contributed by atoms with Gasteiger partial charge in [0, 0.05) is 24.8 Å². The summed E-state index contributed by atoms with van der Waals surface area (Å²) in [6.45, 7) is 1.91. The van der Waals surface area contributed by atoms with E-state index < -0.39 is 0 Å². The van der Waals surface area contributed by atoms with Crippen LogP contribution in [0.3, 0.4) is 0 Å². The number of hydrogen-bond donors (Lipinski definition) is 1. The lowest BCUT2D eigenvalue weighted by Gasteiger charge is -2.33. The highest BCUT2D eigenvalue weighted by molar-refractivity contribution is 5.94. The van der Waals surface area contributed by atoms with Gasteiger partial charge in [0.15, 0.2) is 0 Å². The molecule has 2 aromatic rings. The highest BCUT2D eigenvalue weighted by Gasteiger charge is 2.25. The number of nitrogens with zero attached hydrogens (tertiary/aromatic N) is 2. The molecule has 1 saturated heterocycles. The van der Waals surface area contributed by atoms with Crippen molar-refractivity contribution in [2.75, 3.05) is 25.4 Å². The van der Waals surface area contributed by atoms with Crippen molar-refractivity contribution < 1.29 is 9.53 Å². The van der Waals surface area contributed by atoms with Gasteiger partial charge in [0.2, 0.25) is 0 Å². The van der Waals surface area contributed by atoms with E-state index in [9.17, 15) is 4.79 Å². The van der Waals surface area contributed by atoms with Gasteiger partial charge in [-0.05, 0) is 73.1 Å². The molecule has 2 aliphatic rings. The number of aryl methyl sites for hydroxylation is 3. The number of pyridine rings is 1. The molecular formula is C21H25N3O2. The van der Waals surface area contributed by atoms with Gasteiger partial charge in [-0.15, -0.1) is 0 Å². The first kappa shape index (κ1) is 17.0. The molecule has 1 amide bonds. The number of carbonyl (C=O) groups is 1. The number of morpholine rings is 1. The number of nitrogen functional groups attached to an aromatic ring is 1. The molecule has 2 heterocycles. The first-order valence-corrected chi connectivity index (χ1v) is 9.42. The third kappa shape index (κ3) is 3.73. The molecule has 0 saturated carbocycles. The van der Waals surface area contributed by atoms with E-state index in [1.165, 1.54) is 17.5 Å². The van der Waals surface area contributed by atoms with Gasteiger partial charge in [0.25, 0.3) is 5.91 Å². The summed E-state index contributed by atoms with van der Waals surface area (Å²) in [4.78, 5) is 18.9. The van der Waals surface area contributed by atoms with Gasteiger partial charge in [-0.3, -0.25) is 4.79 Å². The summed E-state index contributed by atoms with van der Waals surface area (Å²) in [6.07, 6.45) is 6.98. The Hall–Kier alpha value is -2.40. The maximum Gasteiger partial charge on any atom is 0.254 e. The summed E-state index contributed by atoms with van der Waals surface area (Å²) in [5, 5.41) is 0. The maximum atomic E-state index is 12.9. The first-order chi connectivity index (χ1) is 12.7. The maximum absolute atomic E-state index is 12.9. The van der Waals surface area contributed by atoms with E-state index in [0.29, 0.717) is 25.5 Å². The van der Waals surface area contributed by atoms with Crippen LogP contribution in [0, 0.1) is 0 Å². The standard InChI is InChI=1S/C21H25N3O2/c22-20-12-15(8-9-23-20)4-7-19-14-24(10-11-26-19)21(25)18-6-5-16-2-1-3-17(16)13-18/h5-6,8-9,12-13,19H,1-4,7,10-11,14H2,(H2,22,23)/t19-/m1/s1. The molecule has 26 heavy (non-hydrogen) atoms. The van der Waals surface area contributed by atoms with Gasteiger partial charge >= 0.3 is 0 Å². The predicted octanol–water partition coefficient (Wildman–Crippen LogP) is 2.63. The lowest BCUT2D eigenvalue weighted by atomic mass is 10.0. The number of aromatic nitrogens is 1. The quantitative estimate of drug-likeness (QED) is 0.919. The summed E-state index contributed by atoms with van der Waals surface area (Å²) in [7, 11) is 0. The highest BCUT2D eigenvalue weighted by Crippen LogP contribution is 2.24. The van der Waals surface area contributed by atoms with Crippen molar-refractivity contribution in [2.24, 2.45) is 0 Å². The Morgan fingerprint density at radius 3 is 3.00 bits per heavy atom. The normalized spacial score (nSPS) is 19.4. The van der Waals surface area contributed by atoms with E-state index in [0.717, 1.165) is 36.8 Å². The molecule has 1 aliphatic carbocycles. The fraction of sp³-hybridized carbons (Fsp3) is 0.429. The minimum Gasteiger partial charge on any atom is -0.384 e. The molecule has 0 unspecified atom stereocenters. The van der Waals surface area contributed by atoms with Crippen molar-refractivity contribution >= 4 is 11.7 Å². The number of fused-ring (bicyclic) bond motifs is 1. The predicted molar refractivity (Wildman–Crippen MR) is 101 cm³/mol. The topological polar surface area (TPSA) is 68.5 Å².